The molecule has 1 heterocycles. The highest BCUT2D eigenvalue weighted by Gasteiger charge is 2.11. The Labute approximate surface area is 179 Å². The summed E-state index contributed by atoms with van der Waals surface area (Å²) in [6, 6.07) is 22.3. The Morgan fingerprint density at radius 3 is 2.32 bits per heavy atom. The van der Waals surface area contributed by atoms with E-state index < -0.39 is 0 Å². The second-order valence-corrected chi connectivity index (χ2v) is 7.12. The fourth-order valence-corrected chi connectivity index (χ4v) is 3.11. The Morgan fingerprint density at radius 2 is 1.61 bits per heavy atom. The molecule has 7 heteroatoms. The lowest BCUT2D eigenvalue weighted by molar-refractivity contribution is -0.114. The number of rotatable bonds is 5. The summed E-state index contributed by atoms with van der Waals surface area (Å²) < 4.78 is 0. The topological polar surface area (TPSA) is 99.8 Å². The Morgan fingerprint density at radius 1 is 0.871 bits per heavy atom. The third-order valence-electron chi connectivity index (χ3n) is 4.74. The zero-order valence-corrected chi connectivity index (χ0v) is 17.1. The Bertz CT molecular complexity index is 1230. The number of aryl methyl sites for hydroxylation is 1. The molecule has 3 N–H and O–H groups in total. The fraction of sp³-hybridized carbons (Fsp3) is 0.0833. The minimum absolute atomic E-state index is 0.181. The molecule has 0 atom stereocenters. The van der Waals surface area contributed by atoms with Crippen molar-refractivity contribution in [3.8, 4) is 22.8 Å². The average Bonchev–Trinajstić information content (AvgIpc) is 3.26. The average molecular weight is 411 g/mol. The minimum atomic E-state index is -0.259. The molecule has 0 aliphatic rings. The van der Waals surface area contributed by atoms with Crippen molar-refractivity contribution in [3.05, 3.63) is 83.9 Å². The lowest BCUT2D eigenvalue weighted by Gasteiger charge is -2.10. The van der Waals surface area contributed by atoms with E-state index in [4.69, 9.17) is 0 Å². The van der Waals surface area contributed by atoms with Gasteiger partial charge in [-0.1, -0.05) is 36.4 Å². The molecular formula is C24H21N5O2. The van der Waals surface area contributed by atoms with Gasteiger partial charge in [-0.3, -0.25) is 14.7 Å². The van der Waals surface area contributed by atoms with Crippen LogP contribution >= 0.6 is 0 Å². The molecule has 0 bridgehead atoms. The third-order valence-corrected chi connectivity index (χ3v) is 4.74. The van der Waals surface area contributed by atoms with Gasteiger partial charge in [0.25, 0.3) is 5.91 Å². The lowest BCUT2D eigenvalue weighted by atomic mass is 10.1. The molecule has 31 heavy (non-hydrogen) atoms. The van der Waals surface area contributed by atoms with E-state index in [-0.39, 0.29) is 11.8 Å². The Balaban J connectivity index is 1.47. The van der Waals surface area contributed by atoms with E-state index in [9.17, 15) is 9.59 Å². The number of benzene rings is 3. The van der Waals surface area contributed by atoms with Crippen LogP contribution in [0.4, 0.5) is 11.4 Å². The molecule has 0 aliphatic heterocycles. The van der Waals surface area contributed by atoms with Crippen molar-refractivity contribution in [1.29, 1.82) is 0 Å². The SMILES string of the molecule is CC(=O)Nc1cc(C(=O)Nc2ccc(-c3nc(-c4ccccc4)n[nH]3)cc2)ccc1C. The summed E-state index contributed by atoms with van der Waals surface area (Å²) >= 11 is 0. The molecule has 7 nitrogen and oxygen atoms in total. The van der Waals surface area contributed by atoms with Crippen molar-refractivity contribution < 1.29 is 9.59 Å². The lowest BCUT2D eigenvalue weighted by Crippen LogP contribution is -2.13. The van der Waals surface area contributed by atoms with E-state index >= 15 is 0 Å². The Kier molecular flexibility index (Phi) is 5.57. The number of nitrogens with zero attached hydrogens (tertiary/aromatic N) is 2. The van der Waals surface area contributed by atoms with Crippen LogP contribution in [0.15, 0.2) is 72.8 Å². The van der Waals surface area contributed by atoms with Gasteiger partial charge in [0.15, 0.2) is 11.6 Å². The summed E-state index contributed by atoms with van der Waals surface area (Å²) in [5, 5.41) is 12.8. The van der Waals surface area contributed by atoms with E-state index in [0.717, 1.165) is 16.7 Å². The van der Waals surface area contributed by atoms with Gasteiger partial charge >= 0.3 is 0 Å². The van der Waals surface area contributed by atoms with Crippen LogP contribution in [-0.2, 0) is 4.79 Å². The normalized spacial score (nSPS) is 10.5. The van der Waals surface area contributed by atoms with Gasteiger partial charge in [-0.05, 0) is 48.9 Å². The summed E-state index contributed by atoms with van der Waals surface area (Å²) in [4.78, 5) is 28.5. The van der Waals surface area contributed by atoms with Crippen molar-refractivity contribution >= 4 is 23.2 Å². The Hall–Kier alpha value is -4.26. The quantitative estimate of drug-likeness (QED) is 0.445. The van der Waals surface area contributed by atoms with Crippen LogP contribution in [0.5, 0.6) is 0 Å². The minimum Gasteiger partial charge on any atom is -0.326 e. The molecule has 4 rings (SSSR count). The van der Waals surface area contributed by atoms with Crippen molar-refractivity contribution in [2.24, 2.45) is 0 Å². The van der Waals surface area contributed by atoms with Crippen molar-refractivity contribution in [3.63, 3.8) is 0 Å². The number of H-pyrrole nitrogens is 1. The zero-order valence-electron chi connectivity index (χ0n) is 17.1. The molecule has 1 aromatic heterocycles. The van der Waals surface area contributed by atoms with Crippen LogP contribution < -0.4 is 10.6 Å². The number of nitrogens with one attached hydrogen (secondary N) is 3. The van der Waals surface area contributed by atoms with Gasteiger partial charge < -0.3 is 10.6 Å². The number of anilines is 2. The zero-order chi connectivity index (χ0) is 21.8. The molecular weight excluding hydrogens is 390 g/mol. The number of aromatic nitrogens is 3. The first-order chi connectivity index (χ1) is 15.0. The molecule has 2 amide bonds. The second kappa shape index (κ2) is 8.62. The predicted molar refractivity (Wildman–Crippen MR) is 121 cm³/mol. The molecule has 0 saturated heterocycles. The number of carbonyl (C=O) groups excluding carboxylic acids is 2. The van der Waals surface area contributed by atoms with Crippen molar-refractivity contribution in [1.82, 2.24) is 15.2 Å². The number of carbonyl (C=O) groups is 2. The second-order valence-electron chi connectivity index (χ2n) is 7.12. The number of hydrogen-bond acceptors (Lipinski definition) is 4. The predicted octanol–water partition coefficient (Wildman–Crippen LogP) is 4.66. The van der Waals surface area contributed by atoms with Crippen LogP contribution in [-0.4, -0.2) is 27.0 Å². The van der Waals surface area contributed by atoms with E-state index in [1.807, 2.05) is 49.4 Å². The van der Waals surface area contributed by atoms with E-state index in [0.29, 0.717) is 28.6 Å². The van der Waals surface area contributed by atoms with Gasteiger partial charge in [0, 0.05) is 35.0 Å². The summed E-state index contributed by atoms with van der Waals surface area (Å²) in [5.41, 5.74) is 4.41. The molecule has 0 saturated carbocycles. The first-order valence-electron chi connectivity index (χ1n) is 9.77. The molecule has 3 aromatic carbocycles. The summed E-state index contributed by atoms with van der Waals surface area (Å²) in [6.07, 6.45) is 0. The van der Waals surface area contributed by atoms with Gasteiger partial charge in [0.05, 0.1) is 0 Å². The number of amides is 2. The molecule has 0 aliphatic carbocycles. The fourth-order valence-electron chi connectivity index (χ4n) is 3.11. The standard InChI is InChI=1S/C24H21N5O2/c1-15-8-9-19(14-21(15)25-16(2)30)24(31)26-20-12-10-18(11-13-20)23-27-22(28-29-23)17-6-4-3-5-7-17/h3-14H,1-2H3,(H,25,30)(H,26,31)(H,27,28,29). The molecule has 0 spiro atoms. The van der Waals surface area contributed by atoms with Crippen molar-refractivity contribution in [2.75, 3.05) is 10.6 Å². The smallest absolute Gasteiger partial charge is 0.255 e. The number of aromatic amines is 1. The maximum absolute atomic E-state index is 12.6. The largest absolute Gasteiger partial charge is 0.326 e. The van der Waals surface area contributed by atoms with E-state index in [2.05, 4.69) is 25.8 Å². The first kappa shape index (κ1) is 20.0. The number of hydrogen-bond donors (Lipinski definition) is 3. The van der Waals surface area contributed by atoms with Crippen LogP contribution in [0.2, 0.25) is 0 Å². The van der Waals surface area contributed by atoms with Crippen molar-refractivity contribution in [2.45, 2.75) is 13.8 Å². The molecule has 0 radical (unpaired) electrons. The molecule has 4 aromatic rings. The monoisotopic (exact) mass is 411 g/mol. The first-order valence-corrected chi connectivity index (χ1v) is 9.77. The molecule has 0 unspecified atom stereocenters. The van der Waals surface area contributed by atoms with E-state index in [1.165, 1.54) is 6.92 Å². The third kappa shape index (κ3) is 4.67. The van der Waals surface area contributed by atoms with Crippen LogP contribution in [0.3, 0.4) is 0 Å². The summed E-state index contributed by atoms with van der Waals surface area (Å²) in [7, 11) is 0. The highest BCUT2D eigenvalue weighted by Crippen LogP contribution is 2.22. The molecule has 0 fully saturated rings. The maximum atomic E-state index is 12.6. The van der Waals surface area contributed by atoms with Gasteiger partial charge in [0.1, 0.15) is 0 Å². The highest BCUT2D eigenvalue weighted by molar-refractivity contribution is 6.05. The van der Waals surface area contributed by atoms with Gasteiger partial charge in [-0.15, -0.1) is 0 Å². The van der Waals surface area contributed by atoms with Gasteiger partial charge in [0.2, 0.25) is 5.91 Å². The van der Waals surface area contributed by atoms with Gasteiger partial charge in [-0.25, -0.2) is 4.98 Å². The summed E-state index contributed by atoms with van der Waals surface area (Å²) in [6.45, 7) is 3.31. The molecule has 154 valence electrons. The summed E-state index contributed by atoms with van der Waals surface area (Å²) in [5.74, 6) is 0.835. The highest BCUT2D eigenvalue weighted by atomic mass is 16.2. The van der Waals surface area contributed by atoms with Gasteiger partial charge in [-0.2, -0.15) is 5.10 Å². The van der Waals surface area contributed by atoms with Crippen LogP contribution in [0.25, 0.3) is 22.8 Å². The van der Waals surface area contributed by atoms with Crippen LogP contribution in [0, 0.1) is 6.92 Å². The van der Waals surface area contributed by atoms with E-state index in [1.54, 1.807) is 30.3 Å². The maximum Gasteiger partial charge on any atom is 0.255 e. The van der Waals surface area contributed by atoms with Crippen LogP contribution in [0.1, 0.15) is 22.8 Å².